The molecule has 4 heterocycles. The lowest BCUT2D eigenvalue weighted by Crippen LogP contribution is -2.43. The molecule has 36 heavy (non-hydrogen) atoms. The van der Waals surface area contributed by atoms with Crippen molar-refractivity contribution < 1.29 is 23.3 Å². The van der Waals surface area contributed by atoms with Crippen molar-refractivity contribution in [1.29, 1.82) is 0 Å². The first-order valence-corrected chi connectivity index (χ1v) is 11.7. The predicted octanol–water partition coefficient (Wildman–Crippen LogP) is 1.95. The summed E-state index contributed by atoms with van der Waals surface area (Å²) >= 11 is 0. The second kappa shape index (κ2) is 8.77. The van der Waals surface area contributed by atoms with E-state index in [-0.39, 0.29) is 17.0 Å². The maximum absolute atomic E-state index is 13.0. The Kier molecular flexibility index (Phi) is 5.42. The Bertz CT molecular complexity index is 1590. The van der Waals surface area contributed by atoms with E-state index in [9.17, 15) is 14.4 Å². The molecule has 0 bridgehead atoms. The number of hydrogen-bond acceptors (Lipinski definition) is 9. The summed E-state index contributed by atoms with van der Waals surface area (Å²) in [6.45, 7) is 1.66. The minimum absolute atomic E-state index is 0.111. The van der Waals surface area contributed by atoms with E-state index in [2.05, 4.69) is 31.6 Å². The Morgan fingerprint density at radius 3 is 2.75 bits per heavy atom. The number of amides is 2. The van der Waals surface area contributed by atoms with Gasteiger partial charge in [-0.25, -0.2) is 15.7 Å². The number of fused-ring (bicyclic) bond motifs is 3. The summed E-state index contributed by atoms with van der Waals surface area (Å²) in [5.74, 6) is 3.76. The highest BCUT2D eigenvalue weighted by Gasteiger charge is 2.27. The molecule has 4 aromatic rings. The normalized spacial score (nSPS) is 14.6. The molecule has 11 nitrogen and oxygen atoms in total. The van der Waals surface area contributed by atoms with Crippen LogP contribution in [-0.4, -0.2) is 36.5 Å². The molecular formula is C25H23N5O6. The number of nitrogens with one attached hydrogen (secondary N) is 2. The molecule has 2 aromatic carbocycles. The summed E-state index contributed by atoms with van der Waals surface area (Å²) < 4.78 is 11.7. The molecule has 0 atom stereocenters. The second-order valence-corrected chi connectivity index (χ2v) is 8.94. The lowest BCUT2D eigenvalue weighted by Gasteiger charge is -2.37. The van der Waals surface area contributed by atoms with Crippen molar-refractivity contribution >= 4 is 39.6 Å². The van der Waals surface area contributed by atoms with Crippen LogP contribution in [0.5, 0.6) is 0 Å². The van der Waals surface area contributed by atoms with Crippen molar-refractivity contribution in [2.24, 2.45) is 5.90 Å². The number of benzene rings is 2. The van der Waals surface area contributed by atoms with Crippen molar-refractivity contribution in [3.05, 3.63) is 57.4 Å². The molecule has 6 rings (SSSR count). The number of hydrogen-bond donors (Lipinski definition) is 3. The number of oxazole rings is 1. The van der Waals surface area contributed by atoms with E-state index in [1.807, 2.05) is 0 Å². The van der Waals surface area contributed by atoms with Crippen molar-refractivity contribution in [2.45, 2.75) is 25.7 Å². The average Bonchev–Trinajstić information content (AvgIpc) is 3.31. The predicted molar refractivity (Wildman–Crippen MR) is 130 cm³/mol. The van der Waals surface area contributed by atoms with Crippen molar-refractivity contribution in [1.82, 2.24) is 15.8 Å². The van der Waals surface area contributed by atoms with Crippen LogP contribution in [0.1, 0.15) is 34.3 Å². The molecule has 2 amide bonds. The van der Waals surface area contributed by atoms with Gasteiger partial charge in [0.05, 0.1) is 0 Å². The number of anilines is 1. The largest absolute Gasteiger partial charge is 0.436 e. The third kappa shape index (κ3) is 3.78. The molecule has 0 saturated heterocycles. The molecule has 184 valence electrons. The molecule has 0 radical (unpaired) electrons. The first kappa shape index (κ1) is 22.3. The fraction of sp³-hybridized carbons (Fsp3) is 0.280. The second-order valence-electron chi connectivity index (χ2n) is 8.94. The molecule has 0 aliphatic carbocycles. The summed E-state index contributed by atoms with van der Waals surface area (Å²) in [5, 5.41) is 0.849. The highest BCUT2D eigenvalue weighted by atomic mass is 16.6. The molecule has 4 N–H and O–H groups in total. The zero-order chi connectivity index (χ0) is 24.8. The minimum Gasteiger partial charge on any atom is -0.436 e. The number of nitrogens with two attached hydrogens (primary N) is 1. The van der Waals surface area contributed by atoms with Crippen LogP contribution in [0.4, 0.5) is 5.69 Å². The van der Waals surface area contributed by atoms with Crippen LogP contribution in [0, 0.1) is 0 Å². The standard InChI is InChI=1S/C25H23N5O6/c26-34-12-20(31)28-29-23(32)14-5-6-18-19(11-14)35-24(27-18)17-10-15-9-13-3-1-7-30-8-2-4-16(21(13)30)22(15)36-25(17)33/h5-6,9-11H,1-4,7-8,12,26H2,(H,28,31)(H,29,32). The fourth-order valence-electron chi connectivity index (χ4n) is 5.09. The summed E-state index contributed by atoms with van der Waals surface area (Å²) in [6.07, 6.45) is 4.01. The maximum atomic E-state index is 13.0. The third-order valence-electron chi connectivity index (χ3n) is 6.63. The van der Waals surface area contributed by atoms with Gasteiger partial charge < -0.3 is 13.7 Å². The fourth-order valence-corrected chi connectivity index (χ4v) is 5.09. The van der Waals surface area contributed by atoms with Gasteiger partial charge in [0.1, 0.15) is 23.3 Å². The van der Waals surface area contributed by atoms with E-state index in [0.717, 1.165) is 49.7 Å². The van der Waals surface area contributed by atoms with Gasteiger partial charge in [0.15, 0.2) is 5.58 Å². The summed E-state index contributed by atoms with van der Waals surface area (Å²) in [6, 6.07) is 8.48. The lowest BCUT2D eigenvalue weighted by molar-refractivity contribution is -0.126. The van der Waals surface area contributed by atoms with Gasteiger partial charge in [0.2, 0.25) is 5.89 Å². The topological polar surface area (TPSA) is 153 Å². The lowest BCUT2D eigenvalue weighted by atomic mass is 9.90. The Balaban J connectivity index is 1.35. The number of nitrogens with zero attached hydrogens (tertiary/aromatic N) is 2. The van der Waals surface area contributed by atoms with Crippen LogP contribution in [0.3, 0.4) is 0 Å². The molecule has 0 spiro atoms. The van der Waals surface area contributed by atoms with Crippen molar-refractivity contribution in [3.8, 4) is 11.5 Å². The average molecular weight is 489 g/mol. The van der Waals surface area contributed by atoms with E-state index < -0.39 is 24.0 Å². The van der Waals surface area contributed by atoms with E-state index in [1.54, 1.807) is 12.1 Å². The number of aryl methyl sites for hydroxylation is 2. The first-order valence-electron chi connectivity index (χ1n) is 11.7. The summed E-state index contributed by atoms with van der Waals surface area (Å²) in [5.41, 5.74) is 9.37. The van der Waals surface area contributed by atoms with Crippen molar-refractivity contribution in [2.75, 3.05) is 24.6 Å². The Labute approximate surface area is 204 Å². The van der Waals surface area contributed by atoms with Crippen LogP contribution < -0.4 is 27.3 Å². The van der Waals surface area contributed by atoms with Crippen LogP contribution >= 0.6 is 0 Å². The molecular weight excluding hydrogens is 466 g/mol. The van der Waals surface area contributed by atoms with Gasteiger partial charge in [-0.05, 0) is 61.6 Å². The monoisotopic (exact) mass is 489 g/mol. The zero-order valence-electron chi connectivity index (χ0n) is 19.3. The number of carbonyl (C=O) groups excluding carboxylic acids is 2. The van der Waals surface area contributed by atoms with Crippen LogP contribution in [0.15, 0.2) is 44.0 Å². The van der Waals surface area contributed by atoms with Gasteiger partial charge >= 0.3 is 5.63 Å². The number of aromatic nitrogens is 1. The summed E-state index contributed by atoms with van der Waals surface area (Å²) in [7, 11) is 0. The van der Waals surface area contributed by atoms with Crippen LogP contribution in [0.25, 0.3) is 33.5 Å². The summed E-state index contributed by atoms with van der Waals surface area (Å²) in [4.78, 5) is 47.8. The Morgan fingerprint density at radius 2 is 1.92 bits per heavy atom. The molecule has 2 aliphatic rings. The van der Waals surface area contributed by atoms with Crippen LogP contribution in [0.2, 0.25) is 0 Å². The molecule has 2 aliphatic heterocycles. The highest BCUT2D eigenvalue weighted by molar-refractivity contribution is 5.98. The number of carbonyl (C=O) groups is 2. The molecule has 2 aromatic heterocycles. The molecule has 0 unspecified atom stereocenters. The van der Waals surface area contributed by atoms with E-state index in [1.165, 1.54) is 23.4 Å². The maximum Gasteiger partial charge on any atom is 0.349 e. The third-order valence-corrected chi connectivity index (χ3v) is 6.63. The van der Waals surface area contributed by atoms with Gasteiger partial charge in [-0.1, -0.05) is 0 Å². The number of rotatable bonds is 4. The smallest absolute Gasteiger partial charge is 0.349 e. The quantitative estimate of drug-likeness (QED) is 0.288. The number of hydrazine groups is 1. The molecule has 11 heteroatoms. The van der Waals surface area contributed by atoms with E-state index in [4.69, 9.17) is 14.7 Å². The van der Waals surface area contributed by atoms with Gasteiger partial charge in [-0.2, -0.15) is 0 Å². The van der Waals surface area contributed by atoms with Gasteiger partial charge in [0.25, 0.3) is 11.8 Å². The Hall–Kier alpha value is -4.22. The highest BCUT2D eigenvalue weighted by Crippen LogP contribution is 2.40. The van der Waals surface area contributed by atoms with Gasteiger partial charge in [-0.3, -0.25) is 25.3 Å². The van der Waals surface area contributed by atoms with E-state index in [0.29, 0.717) is 16.7 Å². The van der Waals surface area contributed by atoms with Gasteiger partial charge in [0, 0.05) is 35.3 Å². The molecule has 0 fully saturated rings. The van der Waals surface area contributed by atoms with Crippen LogP contribution in [-0.2, 0) is 22.5 Å². The Morgan fingerprint density at radius 1 is 1.08 bits per heavy atom. The SMILES string of the molecule is NOCC(=O)NNC(=O)c1ccc2nc(-c3cc4cc5c6c(c4oc3=O)CCCN6CCC5)oc2c1. The zero-order valence-corrected chi connectivity index (χ0v) is 19.3. The molecule has 0 saturated carbocycles. The van der Waals surface area contributed by atoms with Gasteiger partial charge in [-0.15, -0.1) is 0 Å². The van der Waals surface area contributed by atoms with E-state index >= 15 is 0 Å². The minimum atomic E-state index is -0.611. The first-order chi connectivity index (χ1) is 17.5. The van der Waals surface area contributed by atoms with Crippen molar-refractivity contribution in [3.63, 3.8) is 0 Å².